The maximum Gasteiger partial charge on any atom is 0.195 e. The van der Waals surface area contributed by atoms with Crippen LogP contribution >= 0.6 is 0 Å². The molecule has 0 saturated carbocycles. The van der Waals surface area contributed by atoms with Crippen molar-refractivity contribution in [3.05, 3.63) is 48.1 Å². The summed E-state index contributed by atoms with van der Waals surface area (Å²) in [5.74, 6) is 0.816. The van der Waals surface area contributed by atoms with Crippen molar-refractivity contribution in [1.82, 2.24) is 20.1 Å². The molecule has 0 amide bonds. The predicted octanol–water partition coefficient (Wildman–Crippen LogP) is 3.50. The van der Waals surface area contributed by atoms with Crippen molar-refractivity contribution in [2.75, 3.05) is 6.54 Å². The third kappa shape index (κ3) is 3.79. The van der Waals surface area contributed by atoms with E-state index in [2.05, 4.69) is 42.4 Å². The summed E-state index contributed by atoms with van der Waals surface area (Å²) in [7, 11) is 0. The maximum absolute atomic E-state index is 5.74. The molecule has 2 heterocycles. The minimum Gasteiger partial charge on any atom is -0.441 e. The number of oxazole rings is 1. The van der Waals surface area contributed by atoms with Gasteiger partial charge in [0.2, 0.25) is 0 Å². The second-order valence-corrected chi connectivity index (χ2v) is 6.16. The first-order valence-corrected chi connectivity index (χ1v) is 8.22. The number of rotatable bonds is 7. The highest BCUT2D eigenvalue weighted by atomic mass is 16.3. The third-order valence-corrected chi connectivity index (χ3v) is 4.24. The largest absolute Gasteiger partial charge is 0.441 e. The first-order valence-electron chi connectivity index (χ1n) is 8.22. The van der Waals surface area contributed by atoms with Gasteiger partial charge in [-0.25, -0.2) is 4.98 Å². The summed E-state index contributed by atoms with van der Waals surface area (Å²) in [6, 6.07) is 8.58. The minimum absolute atomic E-state index is 0.327. The summed E-state index contributed by atoms with van der Waals surface area (Å²) in [6.07, 6.45) is 5.84. The molecule has 1 aromatic carbocycles. The summed E-state index contributed by atoms with van der Waals surface area (Å²) in [5.41, 5.74) is 3.00. The van der Waals surface area contributed by atoms with Gasteiger partial charge in [-0.05, 0) is 51.4 Å². The number of para-hydroxylation sites is 2. The van der Waals surface area contributed by atoms with E-state index in [1.807, 2.05) is 35.1 Å². The van der Waals surface area contributed by atoms with Crippen molar-refractivity contribution in [3.63, 3.8) is 0 Å². The molecular weight excluding hydrogens is 288 g/mol. The van der Waals surface area contributed by atoms with Crippen molar-refractivity contribution in [3.8, 4) is 0 Å². The highest BCUT2D eigenvalue weighted by Crippen LogP contribution is 2.16. The van der Waals surface area contributed by atoms with Crippen LogP contribution in [0.25, 0.3) is 11.1 Å². The number of nitrogens with zero attached hydrogens (tertiary/aromatic N) is 3. The van der Waals surface area contributed by atoms with Gasteiger partial charge in [0.25, 0.3) is 0 Å². The molecule has 122 valence electrons. The van der Waals surface area contributed by atoms with E-state index in [1.165, 1.54) is 5.56 Å². The van der Waals surface area contributed by atoms with E-state index < -0.39 is 0 Å². The number of nitrogens with one attached hydrogen (secondary N) is 1. The van der Waals surface area contributed by atoms with E-state index in [0.717, 1.165) is 36.4 Å². The Balaban J connectivity index is 1.45. The summed E-state index contributed by atoms with van der Waals surface area (Å²) in [4.78, 5) is 4.51. The standard InChI is InChI=1S/C18H24N4O/c1-13-11-20-22(12-13)15(3)14(2)19-10-6-9-18-21-16-7-4-5-8-17(16)23-18/h4-5,7-8,11-12,14-15,19H,6,9-10H2,1-3H3/t14-,15+/m0/s1. The Hall–Kier alpha value is -2.14. The zero-order valence-electron chi connectivity index (χ0n) is 14.0. The molecule has 0 bridgehead atoms. The summed E-state index contributed by atoms with van der Waals surface area (Å²) in [6.45, 7) is 7.38. The van der Waals surface area contributed by atoms with Gasteiger partial charge in [0.1, 0.15) is 5.52 Å². The Morgan fingerprint density at radius 3 is 2.83 bits per heavy atom. The molecule has 3 rings (SSSR count). The Morgan fingerprint density at radius 2 is 2.09 bits per heavy atom. The van der Waals surface area contributed by atoms with Crippen molar-refractivity contribution >= 4 is 11.1 Å². The normalized spacial score (nSPS) is 14.2. The molecule has 0 aliphatic heterocycles. The summed E-state index contributed by atoms with van der Waals surface area (Å²) >= 11 is 0. The van der Waals surface area contributed by atoms with E-state index in [0.29, 0.717) is 12.1 Å². The number of fused-ring (bicyclic) bond motifs is 1. The number of hydrogen-bond acceptors (Lipinski definition) is 4. The van der Waals surface area contributed by atoms with Crippen LogP contribution in [0, 0.1) is 6.92 Å². The van der Waals surface area contributed by atoms with Crippen LogP contribution in [0.5, 0.6) is 0 Å². The smallest absolute Gasteiger partial charge is 0.195 e. The van der Waals surface area contributed by atoms with Crippen molar-refractivity contribution in [2.24, 2.45) is 0 Å². The number of aryl methyl sites for hydroxylation is 2. The first kappa shape index (κ1) is 15.7. The molecule has 0 spiro atoms. The van der Waals surface area contributed by atoms with Crippen LogP contribution in [0.1, 0.15) is 37.8 Å². The van der Waals surface area contributed by atoms with Gasteiger partial charge in [0, 0.05) is 18.7 Å². The van der Waals surface area contributed by atoms with Crippen LogP contribution in [0.2, 0.25) is 0 Å². The molecule has 0 aliphatic rings. The Labute approximate surface area is 136 Å². The molecule has 0 aliphatic carbocycles. The molecule has 0 unspecified atom stereocenters. The molecule has 1 N–H and O–H groups in total. The highest BCUT2D eigenvalue weighted by Gasteiger charge is 2.14. The van der Waals surface area contributed by atoms with Gasteiger partial charge < -0.3 is 9.73 Å². The Kier molecular flexibility index (Phi) is 4.76. The number of benzene rings is 1. The van der Waals surface area contributed by atoms with Crippen LogP contribution in [0.4, 0.5) is 0 Å². The SMILES string of the molecule is Cc1cnn([C@H](C)[C@H](C)NCCCc2nc3ccccc3o2)c1. The molecule has 23 heavy (non-hydrogen) atoms. The van der Waals surface area contributed by atoms with Gasteiger partial charge in [-0.3, -0.25) is 4.68 Å². The quantitative estimate of drug-likeness (QED) is 0.678. The molecule has 0 radical (unpaired) electrons. The predicted molar refractivity (Wildman–Crippen MR) is 91.5 cm³/mol. The second-order valence-electron chi connectivity index (χ2n) is 6.16. The van der Waals surface area contributed by atoms with Gasteiger partial charge in [-0.2, -0.15) is 5.10 Å². The van der Waals surface area contributed by atoms with Gasteiger partial charge >= 0.3 is 0 Å². The minimum atomic E-state index is 0.327. The van der Waals surface area contributed by atoms with E-state index in [1.54, 1.807) is 0 Å². The van der Waals surface area contributed by atoms with E-state index in [-0.39, 0.29) is 0 Å². The van der Waals surface area contributed by atoms with Crippen molar-refractivity contribution < 1.29 is 4.42 Å². The lowest BCUT2D eigenvalue weighted by atomic mass is 10.1. The molecular formula is C18H24N4O. The van der Waals surface area contributed by atoms with Crippen LogP contribution < -0.4 is 5.32 Å². The lowest BCUT2D eigenvalue weighted by Crippen LogP contribution is -2.34. The first-order chi connectivity index (χ1) is 11.1. The van der Waals surface area contributed by atoms with E-state index in [9.17, 15) is 0 Å². The molecule has 5 nitrogen and oxygen atoms in total. The average molecular weight is 312 g/mol. The van der Waals surface area contributed by atoms with Crippen LogP contribution in [0.3, 0.4) is 0 Å². The van der Waals surface area contributed by atoms with Crippen LogP contribution in [-0.2, 0) is 6.42 Å². The zero-order chi connectivity index (χ0) is 16.2. The van der Waals surface area contributed by atoms with E-state index >= 15 is 0 Å². The average Bonchev–Trinajstić information content (AvgIpc) is 3.16. The van der Waals surface area contributed by atoms with E-state index in [4.69, 9.17) is 4.42 Å². The molecule has 2 aromatic heterocycles. The van der Waals surface area contributed by atoms with Gasteiger partial charge in [0.15, 0.2) is 11.5 Å². The number of aromatic nitrogens is 3. The molecule has 2 atom stereocenters. The van der Waals surface area contributed by atoms with Crippen molar-refractivity contribution in [1.29, 1.82) is 0 Å². The van der Waals surface area contributed by atoms with Crippen molar-refractivity contribution in [2.45, 2.75) is 45.7 Å². The fourth-order valence-corrected chi connectivity index (χ4v) is 2.65. The van der Waals surface area contributed by atoms with Gasteiger partial charge in [-0.15, -0.1) is 0 Å². The summed E-state index contributed by atoms with van der Waals surface area (Å²) in [5, 5.41) is 7.95. The highest BCUT2D eigenvalue weighted by molar-refractivity contribution is 5.72. The van der Waals surface area contributed by atoms with Crippen LogP contribution in [0.15, 0.2) is 41.1 Å². The molecule has 3 aromatic rings. The summed E-state index contributed by atoms with van der Waals surface area (Å²) < 4.78 is 7.76. The molecule has 0 fully saturated rings. The van der Waals surface area contributed by atoms with Crippen LogP contribution in [-0.4, -0.2) is 27.4 Å². The topological polar surface area (TPSA) is 55.9 Å². The number of hydrogen-bond donors (Lipinski definition) is 1. The monoisotopic (exact) mass is 312 g/mol. The molecule has 5 heteroatoms. The lowest BCUT2D eigenvalue weighted by molar-refractivity contribution is 0.363. The lowest BCUT2D eigenvalue weighted by Gasteiger charge is -2.21. The zero-order valence-corrected chi connectivity index (χ0v) is 14.0. The second kappa shape index (κ2) is 6.96. The molecule has 0 saturated heterocycles. The fraction of sp³-hybridized carbons (Fsp3) is 0.444. The maximum atomic E-state index is 5.74. The Morgan fingerprint density at radius 1 is 1.26 bits per heavy atom. The fourth-order valence-electron chi connectivity index (χ4n) is 2.65. The Bertz CT molecular complexity index is 728. The van der Waals surface area contributed by atoms with Gasteiger partial charge in [-0.1, -0.05) is 12.1 Å². The third-order valence-electron chi connectivity index (χ3n) is 4.24. The van der Waals surface area contributed by atoms with Gasteiger partial charge in [0.05, 0.1) is 12.2 Å².